The molecule has 0 fully saturated rings. The number of nitrogens with zero attached hydrogens (tertiary/aromatic N) is 2. The van der Waals surface area contributed by atoms with Crippen LogP contribution in [0.1, 0.15) is 6.92 Å². The summed E-state index contributed by atoms with van der Waals surface area (Å²) in [6.07, 6.45) is 0. The van der Waals surface area contributed by atoms with Crippen LogP contribution in [0, 0.1) is 5.82 Å². The Morgan fingerprint density at radius 1 is 1.27 bits per heavy atom. The van der Waals surface area contributed by atoms with Crippen molar-refractivity contribution >= 4 is 20.0 Å². The zero-order chi connectivity index (χ0) is 17.1. The van der Waals surface area contributed by atoms with Gasteiger partial charge in [-0.2, -0.15) is 8.78 Å². The van der Waals surface area contributed by atoms with Gasteiger partial charge in [0.2, 0.25) is 0 Å². The minimum Gasteiger partial charge on any atom is -0.409 e. The first-order chi connectivity index (χ1) is 10.1. The van der Waals surface area contributed by atoms with Gasteiger partial charge in [-0.3, -0.25) is 0 Å². The summed E-state index contributed by atoms with van der Waals surface area (Å²) in [6, 6.07) is 1.64. The van der Waals surface area contributed by atoms with Gasteiger partial charge in [-0.25, -0.2) is 9.18 Å². The van der Waals surface area contributed by atoms with Crippen LogP contribution in [0.2, 0.25) is 13.1 Å². The number of urea groups is 1. The molecule has 0 aliphatic rings. The normalized spacial score (nSPS) is 12.2. The van der Waals surface area contributed by atoms with Gasteiger partial charge in [0, 0.05) is 6.61 Å². The molecule has 0 N–H and O–H groups in total. The summed E-state index contributed by atoms with van der Waals surface area (Å²) >= 11 is 0. The molecule has 0 aliphatic carbocycles. The Balaban J connectivity index is 3.04. The number of para-hydroxylation sites is 1. The fourth-order valence-electron chi connectivity index (χ4n) is 1.60. The van der Waals surface area contributed by atoms with E-state index >= 15 is 0 Å². The molecule has 0 bridgehead atoms. The molecule has 0 atom stereocenters. The maximum Gasteiger partial charge on any atom is 0.386 e. The molecular weight excluding hydrogens is 327 g/mol. The summed E-state index contributed by atoms with van der Waals surface area (Å²) in [7, 11) is -4.01. The predicted molar refractivity (Wildman–Crippen MR) is 72.4 cm³/mol. The second kappa shape index (κ2) is 6.61. The second-order valence-electron chi connectivity index (χ2n) is 4.78. The predicted octanol–water partition coefficient (Wildman–Crippen LogP) is 4.20. The maximum atomic E-state index is 14.0. The Kier molecular flexibility index (Phi) is 5.52. The zero-order valence-corrected chi connectivity index (χ0v) is 13.1. The van der Waals surface area contributed by atoms with E-state index in [0.717, 1.165) is 31.3 Å². The summed E-state index contributed by atoms with van der Waals surface area (Å²) in [5, 5.41) is -2.57. The molecular formula is C12H15F5N2O2Si. The third kappa shape index (κ3) is 3.38. The van der Waals surface area contributed by atoms with Crippen LogP contribution in [0.5, 0.6) is 0 Å². The number of benzene rings is 1. The number of hydrogen-bond donors (Lipinski definition) is 0. The van der Waals surface area contributed by atoms with Crippen LogP contribution >= 0.6 is 0 Å². The van der Waals surface area contributed by atoms with Gasteiger partial charge >= 0.3 is 11.7 Å². The first kappa shape index (κ1) is 18.4. The summed E-state index contributed by atoms with van der Waals surface area (Å²) in [5.41, 5.74) is -5.31. The van der Waals surface area contributed by atoms with Crippen molar-refractivity contribution in [3.63, 3.8) is 0 Å². The van der Waals surface area contributed by atoms with Gasteiger partial charge in [-0.05, 0) is 32.2 Å². The van der Waals surface area contributed by atoms with Gasteiger partial charge in [-0.1, -0.05) is 26.2 Å². The van der Waals surface area contributed by atoms with Gasteiger partial charge < -0.3 is 4.43 Å². The molecule has 4 nitrogen and oxygen atoms in total. The molecule has 1 rings (SSSR count). The molecule has 124 valence electrons. The molecule has 0 saturated heterocycles. The van der Waals surface area contributed by atoms with Crippen molar-refractivity contribution in [2.45, 2.75) is 25.7 Å². The quantitative estimate of drug-likeness (QED) is 0.348. The van der Waals surface area contributed by atoms with E-state index in [2.05, 4.69) is 0 Å². The SMILES string of the molecule is CCO[Si](C)(C)C(F)(F)N(F)C(=O)N(F)c1ccccc1F. The lowest BCUT2D eigenvalue weighted by Gasteiger charge is -2.34. The van der Waals surface area contributed by atoms with Crippen molar-refractivity contribution in [3.8, 4) is 0 Å². The lowest BCUT2D eigenvalue weighted by atomic mass is 10.3. The van der Waals surface area contributed by atoms with E-state index in [1.807, 2.05) is 0 Å². The Bertz CT molecular complexity index is 544. The molecule has 10 heteroatoms. The number of halogens is 5. The van der Waals surface area contributed by atoms with Gasteiger partial charge in [-0.15, -0.1) is 5.12 Å². The monoisotopic (exact) mass is 342 g/mol. The van der Waals surface area contributed by atoms with E-state index in [1.54, 1.807) is 0 Å². The largest absolute Gasteiger partial charge is 0.409 e. The topological polar surface area (TPSA) is 32.8 Å². The molecule has 0 spiro atoms. The minimum atomic E-state index is -4.34. The Morgan fingerprint density at radius 2 is 1.82 bits per heavy atom. The smallest absolute Gasteiger partial charge is 0.386 e. The molecule has 1 aromatic rings. The van der Waals surface area contributed by atoms with Crippen molar-refractivity contribution in [2.24, 2.45) is 0 Å². The molecule has 0 aliphatic heterocycles. The van der Waals surface area contributed by atoms with E-state index in [-0.39, 0.29) is 6.61 Å². The highest BCUT2D eigenvalue weighted by Crippen LogP contribution is 2.34. The van der Waals surface area contributed by atoms with Crippen LogP contribution in [0.25, 0.3) is 0 Å². The highest BCUT2D eigenvalue weighted by molar-refractivity contribution is 6.73. The fraction of sp³-hybridized carbons (Fsp3) is 0.417. The zero-order valence-electron chi connectivity index (χ0n) is 12.1. The van der Waals surface area contributed by atoms with E-state index in [4.69, 9.17) is 4.43 Å². The average molecular weight is 342 g/mol. The number of hydrogen-bond acceptors (Lipinski definition) is 2. The van der Waals surface area contributed by atoms with Gasteiger partial charge in [0.1, 0.15) is 11.5 Å². The Hall–Kier alpha value is -1.68. The van der Waals surface area contributed by atoms with Crippen LogP contribution in [-0.4, -0.2) is 31.7 Å². The summed E-state index contributed by atoms with van der Waals surface area (Å²) in [6.45, 7) is 3.25. The van der Waals surface area contributed by atoms with Crippen LogP contribution in [0.4, 0.5) is 32.6 Å². The van der Waals surface area contributed by atoms with Gasteiger partial charge in [0.25, 0.3) is 8.32 Å². The van der Waals surface area contributed by atoms with Crippen molar-refractivity contribution in [1.29, 1.82) is 0 Å². The number of carbonyl (C=O) groups excluding carboxylic acids is 1. The van der Waals surface area contributed by atoms with Crippen LogP contribution in [0.15, 0.2) is 24.3 Å². The van der Waals surface area contributed by atoms with Crippen molar-refractivity contribution in [3.05, 3.63) is 30.1 Å². The van der Waals surface area contributed by atoms with Crippen molar-refractivity contribution in [1.82, 2.24) is 5.12 Å². The number of rotatable bonds is 5. The summed E-state index contributed by atoms with van der Waals surface area (Å²) in [5.74, 6) is -1.20. The highest BCUT2D eigenvalue weighted by Gasteiger charge is 2.59. The number of carbonyl (C=O) groups is 1. The number of amides is 2. The second-order valence-corrected chi connectivity index (χ2v) is 8.69. The highest BCUT2D eigenvalue weighted by atomic mass is 28.4. The number of alkyl halides is 2. The van der Waals surface area contributed by atoms with Gasteiger partial charge in [0.05, 0.1) is 0 Å². The molecule has 22 heavy (non-hydrogen) atoms. The van der Waals surface area contributed by atoms with E-state index in [9.17, 15) is 26.9 Å². The standard InChI is InChI=1S/C12H15F5N2O2Si/c1-4-21-22(2,3)12(14,15)19(17)11(20)18(16)10-8-6-5-7-9(10)13/h5-8H,4H2,1-3H3. The first-order valence-electron chi connectivity index (χ1n) is 6.28. The van der Waals surface area contributed by atoms with Crippen LogP contribution < -0.4 is 5.12 Å². The summed E-state index contributed by atoms with van der Waals surface area (Å²) in [4.78, 5) is 11.5. The lowest BCUT2D eigenvalue weighted by molar-refractivity contribution is -0.158. The molecule has 0 heterocycles. The Labute approximate surface area is 125 Å². The van der Waals surface area contributed by atoms with Crippen LogP contribution in [0.3, 0.4) is 0 Å². The molecule has 1 aromatic carbocycles. The molecule has 0 aromatic heterocycles. The molecule has 0 radical (unpaired) electrons. The lowest BCUT2D eigenvalue weighted by Crippen LogP contribution is -2.61. The first-order valence-corrected chi connectivity index (χ1v) is 9.19. The van der Waals surface area contributed by atoms with E-state index < -0.39 is 41.8 Å². The average Bonchev–Trinajstić information content (AvgIpc) is 2.45. The maximum absolute atomic E-state index is 14.0. The third-order valence-electron chi connectivity index (χ3n) is 2.88. The van der Waals surface area contributed by atoms with E-state index in [0.29, 0.717) is 0 Å². The van der Waals surface area contributed by atoms with Crippen LogP contribution in [-0.2, 0) is 4.43 Å². The molecule has 0 unspecified atom stereocenters. The van der Waals surface area contributed by atoms with E-state index in [1.165, 1.54) is 13.0 Å². The van der Waals surface area contributed by atoms with Crippen molar-refractivity contribution < 1.29 is 31.4 Å². The summed E-state index contributed by atoms with van der Waals surface area (Å²) < 4.78 is 73.6. The molecule has 0 saturated carbocycles. The molecule has 2 amide bonds. The fourth-order valence-corrected chi connectivity index (χ4v) is 3.06. The van der Waals surface area contributed by atoms with Gasteiger partial charge in [0.15, 0.2) is 0 Å². The Morgan fingerprint density at radius 3 is 2.32 bits per heavy atom. The third-order valence-corrected chi connectivity index (χ3v) is 5.53. The minimum absolute atomic E-state index is 0.122. The van der Waals surface area contributed by atoms with Crippen molar-refractivity contribution in [2.75, 3.05) is 11.7 Å². The number of anilines is 1.